The molecule has 0 aliphatic carbocycles. The number of ether oxygens (including phenoxy) is 2. The summed E-state index contributed by atoms with van der Waals surface area (Å²) in [7, 11) is 0. The molecule has 0 amide bonds. The molecule has 118 valence electrons. The Kier molecular flexibility index (Phi) is 3.39. The van der Waals surface area contributed by atoms with Crippen molar-refractivity contribution < 1.29 is 14.6 Å². The number of benzene rings is 1. The van der Waals surface area contributed by atoms with E-state index in [-0.39, 0.29) is 0 Å². The van der Waals surface area contributed by atoms with Crippen molar-refractivity contribution in [3.63, 3.8) is 0 Å². The fourth-order valence-corrected chi connectivity index (χ4v) is 3.00. The van der Waals surface area contributed by atoms with E-state index >= 15 is 0 Å². The first-order chi connectivity index (χ1) is 11.1. The molecule has 0 radical (unpaired) electrons. The standard InChI is InChI=1S/C17H15ClN2O3/c1-10(21)17-16(19-15-5-3-12(18)9-20(15)17)11-2-4-13-14(8-11)23-7-6-22-13/h2-5,8-10,21H,6-7H2,1H3. The molecule has 6 heteroatoms. The summed E-state index contributed by atoms with van der Waals surface area (Å²) in [4.78, 5) is 4.64. The van der Waals surface area contributed by atoms with Gasteiger partial charge in [-0.1, -0.05) is 11.6 Å². The Morgan fingerprint density at radius 3 is 2.74 bits per heavy atom. The van der Waals surface area contributed by atoms with E-state index in [4.69, 9.17) is 21.1 Å². The molecule has 0 fully saturated rings. The van der Waals surface area contributed by atoms with E-state index in [1.807, 2.05) is 28.7 Å². The van der Waals surface area contributed by atoms with Gasteiger partial charge in [0, 0.05) is 11.8 Å². The van der Waals surface area contributed by atoms with E-state index < -0.39 is 6.10 Å². The third kappa shape index (κ3) is 2.42. The number of imidazole rings is 1. The number of hydrogen-bond donors (Lipinski definition) is 1. The van der Waals surface area contributed by atoms with Crippen LogP contribution in [0, 0.1) is 0 Å². The maximum absolute atomic E-state index is 10.2. The first-order valence-electron chi connectivity index (χ1n) is 7.39. The van der Waals surface area contributed by atoms with Crippen LogP contribution in [0.2, 0.25) is 5.02 Å². The predicted molar refractivity (Wildman–Crippen MR) is 87.3 cm³/mol. The maximum Gasteiger partial charge on any atom is 0.162 e. The number of halogens is 1. The normalized spacial score (nSPS) is 14.9. The van der Waals surface area contributed by atoms with E-state index in [9.17, 15) is 5.11 Å². The molecule has 4 rings (SSSR count). The van der Waals surface area contributed by atoms with Crippen molar-refractivity contribution in [1.82, 2.24) is 9.38 Å². The number of nitrogens with zero attached hydrogens (tertiary/aromatic N) is 2. The van der Waals surface area contributed by atoms with Gasteiger partial charge in [-0.25, -0.2) is 4.98 Å². The average molecular weight is 331 g/mol. The van der Waals surface area contributed by atoms with Crippen molar-refractivity contribution >= 4 is 17.2 Å². The molecule has 23 heavy (non-hydrogen) atoms. The van der Waals surface area contributed by atoms with Gasteiger partial charge in [0.25, 0.3) is 0 Å². The minimum Gasteiger partial charge on any atom is -0.486 e. The Morgan fingerprint density at radius 1 is 1.17 bits per heavy atom. The molecular weight excluding hydrogens is 316 g/mol. The highest BCUT2D eigenvalue weighted by atomic mass is 35.5. The van der Waals surface area contributed by atoms with Crippen molar-refractivity contribution in [2.45, 2.75) is 13.0 Å². The summed E-state index contributed by atoms with van der Waals surface area (Å²) >= 11 is 6.08. The lowest BCUT2D eigenvalue weighted by molar-refractivity contribution is 0.171. The van der Waals surface area contributed by atoms with Crippen LogP contribution >= 0.6 is 11.6 Å². The number of aliphatic hydroxyl groups is 1. The summed E-state index contributed by atoms with van der Waals surface area (Å²) in [6.07, 6.45) is 1.07. The van der Waals surface area contributed by atoms with Crippen LogP contribution in [-0.2, 0) is 0 Å². The van der Waals surface area contributed by atoms with Gasteiger partial charge < -0.3 is 14.6 Å². The second kappa shape index (κ2) is 5.44. The molecule has 3 heterocycles. The summed E-state index contributed by atoms with van der Waals surface area (Å²) in [5.74, 6) is 1.42. The topological polar surface area (TPSA) is 56.0 Å². The molecule has 2 aromatic heterocycles. The second-order valence-electron chi connectivity index (χ2n) is 5.46. The molecule has 1 aliphatic heterocycles. The van der Waals surface area contributed by atoms with Crippen LogP contribution in [0.15, 0.2) is 36.5 Å². The van der Waals surface area contributed by atoms with Gasteiger partial charge in [0.05, 0.1) is 22.5 Å². The minimum atomic E-state index is -0.688. The monoisotopic (exact) mass is 330 g/mol. The first kappa shape index (κ1) is 14.4. The SMILES string of the molecule is CC(O)c1c(-c2ccc3c(c2)OCCO3)nc2ccc(Cl)cn12. The maximum atomic E-state index is 10.2. The highest BCUT2D eigenvalue weighted by Crippen LogP contribution is 2.37. The van der Waals surface area contributed by atoms with Crippen LogP contribution in [0.1, 0.15) is 18.7 Å². The minimum absolute atomic E-state index is 0.528. The molecule has 5 nitrogen and oxygen atoms in total. The van der Waals surface area contributed by atoms with Crippen LogP contribution in [0.25, 0.3) is 16.9 Å². The Hall–Kier alpha value is -2.24. The predicted octanol–water partition coefficient (Wildman–Crippen LogP) is 3.48. The molecule has 1 unspecified atom stereocenters. The fourth-order valence-electron chi connectivity index (χ4n) is 2.84. The lowest BCUT2D eigenvalue weighted by Gasteiger charge is -2.19. The number of aliphatic hydroxyl groups excluding tert-OH is 1. The third-order valence-electron chi connectivity index (χ3n) is 3.83. The number of rotatable bonds is 2. The molecule has 1 aromatic carbocycles. The quantitative estimate of drug-likeness (QED) is 0.781. The van der Waals surface area contributed by atoms with Crippen molar-refractivity contribution in [2.75, 3.05) is 13.2 Å². The summed E-state index contributed by atoms with van der Waals surface area (Å²) in [5.41, 5.74) is 3.00. The van der Waals surface area contributed by atoms with Gasteiger partial charge in [-0.05, 0) is 37.3 Å². The van der Waals surface area contributed by atoms with Crippen LogP contribution in [-0.4, -0.2) is 27.7 Å². The zero-order valence-electron chi connectivity index (χ0n) is 12.5. The number of fused-ring (bicyclic) bond motifs is 2. The molecule has 1 aliphatic rings. The van der Waals surface area contributed by atoms with E-state index in [1.54, 1.807) is 19.2 Å². The number of aromatic nitrogens is 2. The van der Waals surface area contributed by atoms with Gasteiger partial charge in [-0.2, -0.15) is 0 Å². The van der Waals surface area contributed by atoms with Crippen LogP contribution in [0.5, 0.6) is 11.5 Å². The molecule has 0 bridgehead atoms. The highest BCUT2D eigenvalue weighted by molar-refractivity contribution is 6.30. The van der Waals surface area contributed by atoms with Crippen LogP contribution < -0.4 is 9.47 Å². The van der Waals surface area contributed by atoms with Crippen LogP contribution in [0.3, 0.4) is 0 Å². The van der Waals surface area contributed by atoms with Gasteiger partial charge in [-0.15, -0.1) is 0 Å². The smallest absolute Gasteiger partial charge is 0.162 e. The van der Waals surface area contributed by atoms with Crippen molar-refractivity contribution in [3.05, 3.63) is 47.2 Å². The van der Waals surface area contributed by atoms with E-state index in [0.29, 0.717) is 35.4 Å². The average Bonchev–Trinajstić information content (AvgIpc) is 2.93. The molecule has 1 N–H and O–H groups in total. The summed E-state index contributed by atoms with van der Waals surface area (Å²) in [6, 6.07) is 9.29. The molecule has 1 atom stereocenters. The van der Waals surface area contributed by atoms with Crippen molar-refractivity contribution in [3.8, 4) is 22.8 Å². The first-order valence-corrected chi connectivity index (χ1v) is 7.77. The van der Waals surface area contributed by atoms with Gasteiger partial charge in [0.15, 0.2) is 11.5 Å². The van der Waals surface area contributed by atoms with E-state index in [0.717, 1.165) is 17.0 Å². The lowest BCUT2D eigenvalue weighted by Crippen LogP contribution is -2.15. The van der Waals surface area contributed by atoms with Crippen molar-refractivity contribution in [1.29, 1.82) is 0 Å². The number of pyridine rings is 1. The third-order valence-corrected chi connectivity index (χ3v) is 4.05. The zero-order valence-corrected chi connectivity index (χ0v) is 13.2. The van der Waals surface area contributed by atoms with E-state index in [2.05, 4.69) is 4.98 Å². The summed E-state index contributed by atoms with van der Waals surface area (Å²) in [5, 5.41) is 10.8. The number of hydrogen-bond acceptors (Lipinski definition) is 4. The second-order valence-corrected chi connectivity index (χ2v) is 5.89. The molecule has 0 saturated heterocycles. The zero-order chi connectivity index (χ0) is 16.0. The van der Waals surface area contributed by atoms with Gasteiger partial charge >= 0.3 is 0 Å². The van der Waals surface area contributed by atoms with Gasteiger partial charge in [0.2, 0.25) is 0 Å². The lowest BCUT2D eigenvalue weighted by atomic mass is 10.1. The Bertz CT molecular complexity index is 889. The Morgan fingerprint density at radius 2 is 1.96 bits per heavy atom. The van der Waals surface area contributed by atoms with Gasteiger partial charge in [0.1, 0.15) is 18.9 Å². The van der Waals surface area contributed by atoms with Crippen LogP contribution in [0.4, 0.5) is 0 Å². The highest BCUT2D eigenvalue weighted by Gasteiger charge is 2.20. The van der Waals surface area contributed by atoms with E-state index in [1.165, 1.54) is 0 Å². The summed E-state index contributed by atoms with van der Waals surface area (Å²) < 4.78 is 13.0. The Balaban J connectivity index is 1.93. The Labute approximate surface area is 138 Å². The molecular formula is C17H15ClN2O3. The van der Waals surface area contributed by atoms with Gasteiger partial charge in [-0.3, -0.25) is 4.40 Å². The molecule has 0 spiro atoms. The molecule has 3 aromatic rings. The molecule has 0 saturated carbocycles. The fraction of sp³-hybridized carbons (Fsp3) is 0.235. The summed E-state index contributed by atoms with van der Waals surface area (Å²) in [6.45, 7) is 2.80. The van der Waals surface area contributed by atoms with Crippen molar-refractivity contribution in [2.24, 2.45) is 0 Å². The largest absolute Gasteiger partial charge is 0.486 e.